The molecule has 0 unspecified atom stereocenters. The number of Topliss-reactive ketones (excluding diaryl/α,β-unsaturated/α-hetero) is 1. The van der Waals surface area contributed by atoms with Crippen LogP contribution in [0.3, 0.4) is 0 Å². The predicted molar refractivity (Wildman–Crippen MR) is 65.3 cm³/mol. The van der Waals surface area contributed by atoms with Gasteiger partial charge in [-0.2, -0.15) is 0 Å². The summed E-state index contributed by atoms with van der Waals surface area (Å²) >= 11 is 0. The van der Waals surface area contributed by atoms with E-state index in [1.807, 2.05) is 20.8 Å². The average Bonchev–Trinajstić information content (AvgIpc) is 2.57. The molecule has 0 radical (unpaired) electrons. The van der Waals surface area contributed by atoms with Crippen molar-refractivity contribution in [3.63, 3.8) is 0 Å². The highest BCUT2D eigenvalue weighted by Gasteiger charge is 2.44. The lowest BCUT2D eigenvalue weighted by Gasteiger charge is -2.39. The second kappa shape index (κ2) is 4.53. The SMILES string of the molecule is CC(C)(C)OC(=O)N1CCC[C@@]2(CC(=O)CO2)C1. The van der Waals surface area contributed by atoms with E-state index in [0.29, 0.717) is 19.5 Å². The summed E-state index contributed by atoms with van der Waals surface area (Å²) in [5.41, 5.74) is -0.944. The maximum atomic E-state index is 12.0. The third kappa shape index (κ3) is 3.02. The first-order chi connectivity index (χ1) is 8.30. The van der Waals surface area contributed by atoms with Gasteiger partial charge in [-0.1, -0.05) is 0 Å². The molecule has 5 heteroatoms. The molecule has 2 rings (SSSR count). The third-order valence-corrected chi connectivity index (χ3v) is 3.25. The molecule has 0 aliphatic carbocycles. The van der Waals surface area contributed by atoms with Crippen LogP contribution in [0.4, 0.5) is 4.79 Å². The summed E-state index contributed by atoms with van der Waals surface area (Å²) in [6.07, 6.45) is 1.81. The topological polar surface area (TPSA) is 55.8 Å². The van der Waals surface area contributed by atoms with Crippen LogP contribution in [0.5, 0.6) is 0 Å². The highest BCUT2D eigenvalue weighted by molar-refractivity contribution is 5.83. The van der Waals surface area contributed by atoms with Crippen LogP contribution < -0.4 is 0 Å². The van der Waals surface area contributed by atoms with Gasteiger partial charge in [0.2, 0.25) is 0 Å². The van der Waals surface area contributed by atoms with Gasteiger partial charge in [0.1, 0.15) is 12.2 Å². The number of piperidine rings is 1. The molecule has 0 aromatic carbocycles. The Kier molecular flexibility index (Phi) is 3.36. The van der Waals surface area contributed by atoms with Gasteiger partial charge in [-0.3, -0.25) is 4.79 Å². The molecule has 2 aliphatic heterocycles. The minimum absolute atomic E-state index is 0.126. The van der Waals surface area contributed by atoms with E-state index in [0.717, 1.165) is 12.8 Å². The van der Waals surface area contributed by atoms with Gasteiger partial charge in [-0.05, 0) is 33.6 Å². The van der Waals surface area contributed by atoms with E-state index >= 15 is 0 Å². The standard InChI is InChI=1S/C13H21NO4/c1-12(2,3)18-11(16)14-6-4-5-13(9-14)7-10(15)8-17-13/h4-9H2,1-3H3/t13-/m1/s1. The summed E-state index contributed by atoms with van der Waals surface area (Å²) in [5.74, 6) is 0.126. The van der Waals surface area contributed by atoms with Crippen molar-refractivity contribution in [3.05, 3.63) is 0 Å². The highest BCUT2D eigenvalue weighted by atomic mass is 16.6. The zero-order valence-corrected chi connectivity index (χ0v) is 11.3. The number of hydrogen-bond donors (Lipinski definition) is 0. The molecule has 1 amide bonds. The fourth-order valence-corrected chi connectivity index (χ4v) is 2.54. The minimum atomic E-state index is -0.492. The summed E-state index contributed by atoms with van der Waals surface area (Å²) in [7, 11) is 0. The summed E-state index contributed by atoms with van der Waals surface area (Å²) in [5, 5.41) is 0. The van der Waals surface area contributed by atoms with Crippen LogP contribution in [0.1, 0.15) is 40.0 Å². The van der Waals surface area contributed by atoms with E-state index in [4.69, 9.17) is 9.47 Å². The Morgan fingerprint density at radius 1 is 1.44 bits per heavy atom. The molecule has 1 spiro atoms. The predicted octanol–water partition coefficient (Wildman–Crippen LogP) is 1.75. The lowest BCUT2D eigenvalue weighted by atomic mass is 9.90. The van der Waals surface area contributed by atoms with E-state index in [-0.39, 0.29) is 18.5 Å². The largest absolute Gasteiger partial charge is 0.444 e. The average molecular weight is 255 g/mol. The third-order valence-electron chi connectivity index (χ3n) is 3.25. The monoisotopic (exact) mass is 255 g/mol. The normalized spacial score (nSPS) is 28.8. The minimum Gasteiger partial charge on any atom is -0.444 e. The summed E-state index contributed by atoms with van der Waals surface area (Å²) in [4.78, 5) is 25.0. The maximum absolute atomic E-state index is 12.0. The van der Waals surface area contributed by atoms with Crippen molar-refractivity contribution < 1.29 is 19.1 Å². The first kappa shape index (κ1) is 13.3. The van der Waals surface area contributed by atoms with Gasteiger partial charge < -0.3 is 14.4 Å². The molecule has 0 N–H and O–H groups in total. The van der Waals surface area contributed by atoms with Crippen LogP contribution in [-0.2, 0) is 14.3 Å². The Bertz CT molecular complexity index is 360. The van der Waals surface area contributed by atoms with Crippen molar-refractivity contribution in [1.82, 2.24) is 4.90 Å². The highest BCUT2D eigenvalue weighted by Crippen LogP contribution is 2.33. The Labute approximate surface area is 107 Å². The number of carbonyl (C=O) groups excluding carboxylic acids is 2. The van der Waals surface area contributed by atoms with Crippen LogP contribution in [0.15, 0.2) is 0 Å². The molecule has 5 nitrogen and oxygen atoms in total. The fourth-order valence-electron chi connectivity index (χ4n) is 2.54. The van der Waals surface area contributed by atoms with Gasteiger partial charge in [0.05, 0.1) is 12.1 Å². The number of rotatable bonds is 0. The van der Waals surface area contributed by atoms with Gasteiger partial charge in [-0.15, -0.1) is 0 Å². The zero-order valence-electron chi connectivity index (χ0n) is 11.3. The summed E-state index contributed by atoms with van der Waals surface area (Å²) < 4.78 is 11.0. The summed E-state index contributed by atoms with van der Waals surface area (Å²) in [6.45, 7) is 6.87. The van der Waals surface area contributed by atoms with Gasteiger partial charge in [0.15, 0.2) is 5.78 Å². The summed E-state index contributed by atoms with van der Waals surface area (Å²) in [6, 6.07) is 0. The molecule has 18 heavy (non-hydrogen) atoms. The zero-order chi connectivity index (χ0) is 13.4. The lowest BCUT2D eigenvalue weighted by molar-refractivity contribution is -0.117. The molecule has 2 aliphatic rings. The van der Waals surface area contributed by atoms with Crippen LogP contribution in [0, 0.1) is 0 Å². The van der Waals surface area contributed by atoms with E-state index in [9.17, 15) is 9.59 Å². The number of amides is 1. The van der Waals surface area contributed by atoms with Crippen LogP contribution >= 0.6 is 0 Å². The van der Waals surface area contributed by atoms with Crippen molar-refractivity contribution in [2.24, 2.45) is 0 Å². The van der Waals surface area contributed by atoms with Crippen molar-refractivity contribution in [3.8, 4) is 0 Å². The Morgan fingerprint density at radius 3 is 2.72 bits per heavy atom. The molecular weight excluding hydrogens is 234 g/mol. The van der Waals surface area contributed by atoms with E-state index in [2.05, 4.69) is 0 Å². The van der Waals surface area contributed by atoms with Gasteiger partial charge >= 0.3 is 6.09 Å². The lowest BCUT2D eigenvalue weighted by Crippen LogP contribution is -2.51. The Balaban J connectivity index is 1.99. The molecule has 0 aromatic heterocycles. The van der Waals surface area contributed by atoms with Crippen molar-refractivity contribution >= 4 is 11.9 Å². The van der Waals surface area contributed by atoms with E-state index in [1.54, 1.807) is 4.90 Å². The molecule has 0 aromatic rings. The molecular formula is C13H21NO4. The van der Waals surface area contributed by atoms with Crippen LogP contribution in [0.2, 0.25) is 0 Å². The molecule has 2 fully saturated rings. The maximum Gasteiger partial charge on any atom is 0.410 e. The van der Waals surface area contributed by atoms with Crippen molar-refractivity contribution in [1.29, 1.82) is 0 Å². The number of carbonyl (C=O) groups is 2. The molecule has 0 saturated carbocycles. The van der Waals surface area contributed by atoms with Crippen molar-refractivity contribution in [2.75, 3.05) is 19.7 Å². The first-order valence-electron chi connectivity index (χ1n) is 6.43. The number of ketones is 1. The fraction of sp³-hybridized carbons (Fsp3) is 0.846. The number of hydrogen-bond acceptors (Lipinski definition) is 4. The van der Waals surface area contributed by atoms with E-state index in [1.165, 1.54) is 0 Å². The van der Waals surface area contributed by atoms with E-state index < -0.39 is 11.2 Å². The number of nitrogens with zero attached hydrogens (tertiary/aromatic N) is 1. The molecule has 0 bridgehead atoms. The number of likely N-dealkylation sites (tertiary alicyclic amines) is 1. The quantitative estimate of drug-likeness (QED) is 0.661. The van der Waals surface area contributed by atoms with Gasteiger partial charge in [-0.25, -0.2) is 4.79 Å². The van der Waals surface area contributed by atoms with Crippen LogP contribution in [0.25, 0.3) is 0 Å². The van der Waals surface area contributed by atoms with Crippen LogP contribution in [-0.4, -0.2) is 47.7 Å². The molecule has 102 valence electrons. The number of ether oxygens (including phenoxy) is 2. The molecule has 1 atom stereocenters. The smallest absolute Gasteiger partial charge is 0.410 e. The van der Waals surface area contributed by atoms with Crippen molar-refractivity contribution in [2.45, 2.75) is 51.2 Å². The Hall–Kier alpha value is -1.10. The van der Waals surface area contributed by atoms with Gasteiger partial charge in [0.25, 0.3) is 0 Å². The molecule has 2 heterocycles. The Morgan fingerprint density at radius 2 is 2.17 bits per heavy atom. The van der Waals surface area contributed by atoms with Gasteiger partial charge in [0, 0.05) is 13.0 Å². The second-order valence-corrected chi connectivity index (χ2v) is 6.19. The first-order valence-corrected chi connectivity index (χ1v) is 6.43. The second-order valence-electron chi connectivity index (χ2n) is 6.19. The molecule has 2 saturated heterocycles.